The zero-order valence-electron chi connectivity index (χ0n) is 9.57. The fourth-order valence-corrected chi connectivity index (χ4v) is 1.71. The minimum atomic E-state index is 0.452. The van der Waals surface area contributed by atoms with E-state index in [2.05, 4.69) is 41.4 Å². The number of rotatable bonds is 4. The normalized spacial score (nSPS) is 10.5. The van der Waals surface area contributed by atoms with Crippen LogP contribution in [0.2, 0.25) is 0 Å². The van der Waals surface area contributed by atoms with E-state index in [1.54, 1.807) is 6.92 Å². The van der Waals surface area contributed by atoms with Crippen LogP contribution < -0.4 is 5.32 Å². The van der Waals surface area contributed by atoms with E-state index in [4.69, 9.17) is 4.52 Å². The van der Waals surface area contributed by atoms with Gasteiger partial charge in [0.2, 0.25) is 5.89 Å². The molecule has 0 fully saturated rings. The molecule has 0 unspecified atom stereocenters. The summed E-state index contributed by atoms with van der Waals surface area (Å²) >= 11 is 3.34. The Bertz CT molecular complexity index is 513. The molecule has 0 atom stereocenters. The van der Waals surface area contributed by atoms with Crippen LogP contribution in [0.25, 0.3) is 0 Å². The van der Waals surface area contributed by atoms with E-state index in [0.29, 0.717) is 18.3 Å². The van der Waals surface area contributed by atoms with Crippen LogP contribution in [0.15, 0.2) is 15.2 Å². The summed E-state index contributed by atoms with van der Waals surface area (Å²) in [6.45, 7) is 4.24. The molecule has 2 heterocycles. The predicted octanol–water partition coefficient (Wildman–Crippen LogP) is 2.11. The Kier molecular flexibility index (Phi) is 3.68. The van der Waals surface area contributed by atoms with Crippen LogP contribution >= 0.6 is 15.9 Å². The molecule has 0 bridgehead atoms. The van der Waals surface area contributed by atoms with Crippen LogP contribution in [0.1, 0.15) is 24.5 Å². The van der Waals surface area contributed by atoms with Gasteiger partial charge in [-0.2, -0.15) is 4.98 Å². The second kappa shape index (κ2) is 5.22. The lowest BCUT2D eigenvalue weighted by Crippen LogP contribution is -2.04. The van der Waals surface area contributed by atoms with Gasteiger partial charge in [-0.3, -0.25) is 0 Å². The minimum Gasteiger partial charge on any atom is -0.361 e. The zero-order chi connectivity index (χ0) is 12.3. The molecular formula is C10H12BrN5O. The molecule has 0 aliphatic rings. The van der Waals surface area contributed by atoms with E-state index in [9.17, 15) is 0 Å². The molecule has 0 aliphatic carbocycles. The number of nitrogens with zero attached hydrogens (tertiary/aromatic N) is 4. The molecule has 1 N–H and O–H groups in total. The molecule has 2 aromatic rings. The fourth-order valence-electron chi connectivity index (χ4n) is 1.29. The quantitative estimate of drug-likeness (QED) is 0.871. The number of hydrogen-bond donors (Lipinski definition) is 1. The highest BCUT2D eigenvalue weighted by molar-refractivity contribution is 9.10. The lowest BCUT2D eigenvalue weighted by molar-refractivity contribution is 0.379. The molecule has 17 heavy (non-hydrogen) atoms. The Morgan fingerprint density at radius 1 is 1.35 bits per heavy atom. The molecule has 0 saturated heterocycles. The summed E-state index contributed by atoms with van der Waals surface area (Å²) < 4.78 is 5.75. The largest absolute Gasteiger partial charge is 0.361 e. The van der Waals surface area contributed by atoms with Gasteiger partial charge in [0.1, 0.15) is 16.2 Å². The smallest absolute Gasteiger partial charge is 0.245 e. The first-order chi connectivity index (χ1) is 8.17. The predicted molar refractivity (Wildman–Crippen MR) is 65.5 cm³/mol. The summed E-state index contributed by atoms with van der Waals surface area (Å²) in [5.74, 6) is 2.68. The van der Waals surface area contributed by atoms with Crippen LogP contribution in [0.4, 0.5) is 5.82 Å². The zero-order valence-corrected chi connectivity index (χ0v) is 11.2. The first-order valence-electron chi connectivity index (χ1n) is 5.24. The Balaban J connectivity index is 2.05. The topological polar surface area (TPSA) is 76.7 Å². The van der Waals surface area contributed by atoms with Gasteiger partial charge in [0.25, 0.3) is 0 Å². The first kappa shape index (κ1) is 12.0. The third kappa shape index (κ3) is 3.23. The van der Waals surface area contributed by atoms with E-state index >= 15 is 0 Å². The maximum atomic E-state index is 4.99. The highest BCUT2D eigenvalue weighted by atomic mass is 79.9. The van der Waals surface area contributed by atoms with Crippen molar-refractivity contribution in [2.75, 3.05) is 5.32 Å². The number of aryl methyl sites for hydroxylation is 2. The second-order valence-corrected chi connectivity index (χ2v) is 4.25. The molecule has 90 valence electrons. The molecule has 2 aromatic heterocycles. The number of anilines is 1. The maximum Gasteiger partial charge on any atom is 0.245 e. The van der Waals surface area contributed by atoms with Gasteiger partial charge in [0, 0.05) is 12.5 Å². The Labute approximate surface area is 107 Å². The van der Waals surface area contributed by atoms with Crippen LogP contribution in [0, 0.1) is 6.92 Å². The van der Waals surface area contributed by atoms with Gasteiger partial charge in [-0.25, -0.2) is 9.97 Å². The van der Waals surface area contributed by atoms with Gasteiger partial charge in [0.05, 0.1) is 6.54 Å². The van der Waals surface area contributed by atoms with Gasteiger partial charge in [-0.1, -0.05) is 12.1 Å². The van der Waals surface area contributed by atoms with Crippen molar-refractivity contribution in [3.63, 3.8) is 0 Å². The molecule has 7 heteroatoms. The summed E-state index contributed by atoms with van der Waals surface area (Å²) in [7, 11) is 0. The van der Waals surface area contributed by atoms with E-state index in [0.717, 1.165) is 22.7 Å². The number of nitrogens with one attached hydrogen (secondary N) is 1. The van der Waals surface area contributed by atoms with Crippen molar-refractivity contribution in [1.82, 2.24) is 20.1 Å². The highest BCUT2D eigenvalue weighted by Gasteiger charge is 2.05. The Hall–Kier alpha value is -1.50. The third-order valence-electron chi connectivity index (χ3n) is 2.05. The molecule has 6 nitrogen and oxygen atoms in total. The second-order valence-electron chi connectivity index (χ2n) is 3.43. The van der Waals surface area contributed by atoms with E-state index < -0.39 is 0 Å². The fraction of sp³-hybridized carbons (Fsp3) is 0.400. The van der Waals surface area contributed by atoms with E-state index in [1.165, 1.54) is 0 Å². The van der Waals surface area contributed by atoms with E-state index in [-0.39, 0.29) is 0 Å². The Morgan fingerprint density at radius 2 is 2.18 bits per heavy atom. The van der Waals surface area contributed by atoms with Crippen molar-refractivity contribution in [3.8, 4) is 0 Å². The first-order valence-corrected chi connectivity index (χ1v) is 6.03. The number of aromatic nitrogens is 4. The molecule has 0 aromatic carbocycles. The van der Waals surface area contributed by atoms with E-state index in [1.807, 2.05) is 13.0 Å². The molecule has 0 radical (unpaired) electrons. The van der Waals surface area contributed by atoms with Gasteiger partial charge in [-0.05, 0) is 22.9 Å². The van der Waals surface area contributed by atoms with Gasteiger partial charge in [-0.15, -0.1) is 0 Å². The van der Waals surface area contributed by atoms with Crippen LogP contribution in [-0.2, 0) is 13.0 Å². The highest BCUT2D eigenvalue weighted by Crippen LogP contribution is 2.13. The molecule has 0 spiro atoms. The van der Waals surface area contributed by atoms with Gasteiger partial charge < -0.3 is 9.84 Å². The van der Waals surface area contributed by atoms with Crippen molar-refractivity contribution >= 4 is 21.7 Å². The summed E-state index contributed by atoms with van der Waals surface area (Å²) in [6, 6.07) is 1.81. The summed E-state index contributed by atoms with van der Waals surface area (Å²) in [5.41, 5.74) is 0. The lowest BCUT2D eigenvalue weighted by atomic mass is 10.4. The van der Waals surface area contributed by atoms with Crippen molar-refractivity contribution in [3.05, 3.63) is 28.2 Å². The lowest BCUT2D eigenvalue weighted by Gasteiger charge is -2.04. The van der Waals surface area contributed by atoms with Gasteiger partial charge >= 0.3 is 0 Å². The maximum absolute atomic E-state index is 4.99. The van der Waals surface area contributed by atoms with Crippen LogP contribution in [-0.4, -0.2) is 20.1 Å². The van der Waals surface area contributed by atoms with Crippen LogP contribution in [0.3, 0.4) is 0 Å². The average molecular weight is 298 g/mol. The molecule has 0 aliphatic heterocycles. The van der Waals surface area contributed by atoms with Crippen molar-refractivity contribution < 1.29 is 4.52 Å². The van der Waals surface area contributed by atoms with Crippen molar-refractivity contribution in [1.29, 1.82) is 0 Å². The third-order valence-corrected chi connectivity index (χ3v) is 2.45. The molecule has 2 rings (SSSR count). The minimum absolute atomic E-state index is 0.452. The monoisotopic (exact) mass is 297 g/mol. The Morgan fingerprint density at radius 3 is 2.82 bits per heavy atom. The standard InChI is InChI=1S/C10H12BrN5O/c1-3-8-14-7(11)4-9(15-8)12-5-10-13-6(2)16-17-10/h4H,3,5H2,1-2H3,(H,12,14,15). The van der Waals surface area contributed by atoms with Crippen molar-refractivity contribution in [2.24, 2.45) is 0 Å². The van der Waals surface area contributed by atoms with Crippen LogP contribution in [0.5, 0.6) is 0 Å². The van der Waals surface area contributed by atoms with Crippen molar-refractivity contribution in [2.45, 2.75) is 26.8 Å². The number of halogens is 1. The summed E-state index contributed by atoms with van der Waals surface area (Å²) in [5, 5.41) is 6.82. The average Bonchev–Trinajstić information content (AvgIpc) is 2.72. The summed E-state index contributed by atoms with van der Waals surface area (Å²) in [6.07, 6.45) is 0.786. The molecule has 0 saturated carbocycles. The SMILES string of the molecule is CCc1nc(Br)cc(NCc2nc(C)no2)n1. The number of hydrogen-bond acceptors (Lipinski definition) is 6. The molecule has 0 amide bonds. The molecular weight excluding hydrogens is 286 g/mol. The summed E-state index contributed by atoms with van der Waals surface area (Å²) in [4.78, 5) is 12.7. The van der Waals surface area contributed by atoms with Gasteiger partial charge in [0.15, 0.2) is 5.82 Å².